The van der Waals surface area contributed by atoms with Gasteiger partial charge >= 0.3 is 0 Å². The molecule has 1 heterocycles. The van der Waals surface area contributed by atoms with Crippen LogP contribution < -0.4 is 5.32 Å². The molecule has 1 aliphatic rings. The molecule has 0 amide bonds. The molecule has 2 nitrogen and oxygen atoms in total. The maximum atomic E-state index is 3.89. The van der Waals surface area contributed by atoms with Crippen molar-refractivity contribution in [3.05, 3.63) is 6.92 Å². The largest absolute Gasteiger partial charge is 0.374 e. The summed E-state index contributed by atoms with van der Waals surface area (Å²) >= 11 is 0. The predicted octanol–water partition coefficient (Wildman–Crippen LogP) is -0.179. The van der Waals surface area contributed by atoms with Crippen molar-refractivity contribution >= 4 is 6.34 Å². The van der Waals surface area contributed by atoms with Crippen molar-refractivity contribution in [2.24, 2.45) is 4.99 Å². The van der Waals surface area contributed by atoms with Crippen molar-refractivity contribution in [3.63, 3.8) is 0 Å². The van der Waals surface area contributed by atoms with E-state index in [1.165, 1.54) is 0 Å². The third-order valence-electron chi connectivity index (χ3n) is 0.730. The van der Waals surface area contributed by atoms with Gasteiger partial charge in [-0.25, -0.2) is 0 Å². The van der Waals surface area contributed by atoms with Crippen LogP contribution in [-0.4, -0.2) is 18.9 Å². The molecule has 1 rings (SSSR count). The topological polar surface area (TPSA) is 24.4 Å². The van der Waals surface area contributed by atoms with Crippen molar-refractivity contribution in [3.8, 4) is 0 Å². The van der Waals surface area contributed by atoms with Gasteiger partial charge in [-0.05, 0) is 6.92 Å². The highest BCUT2D eigenvalue weighted by Gasteiger charge is 1.98. The highest BCUT2D eigenvalue weighted by atomic mass is 15.0. The monoisotopic (exact) mass is 83.1 g/mol. The third kappa shape index (κ3) is 0.506. The van der Waals surface area contributed by atoms with Gasteiger partial charge in [0.15, 0.2) is 0 Å². The Balaban J connectivity index is 2.38. The van der Waals surface area contributed by atoms with Crippen molar-refractivity contribution in [2.45, 2.75) is 6.04 Å². The Hall–Kier alpha value is -0.530. The van der Waals surface area contributed by atoms with Crippen LogP contribution in [0.3, 0.4) is 0 Å². The van der Waals surface area contributed by atoms with Gasteiger partial charge in [0.25, 0.3) is 0 Å². The second kappa shape index (κ2) is 1.29. The average Bonchev–Trinajstić information content (AvgIpc) is 1.86. The molecule has 1 N–H and O–H groups in total. The quantitative estimate of drug-likeness (QED) is 0.431. The molecular weight excluding hydrogens is 76.1 g/mol. The molecular formula is C4H7N2. The standard InChI is InChI=1S/C4H7N2/c1-4-2-5-3-6-4/h3-4H,1-2H2,(H,5,6). The van der Waals surface area contributed by atoms with Gasteiger partial charge in [-0.1, -0.05) is 0 Å². The second-order valence-corrected chi connectivity index (χ2v) is 1.34. The molecule has 0 spiro atoms. The van der Waals surface area contributed by atoms with Crippen LogP contribution in [0, 0.1) is 6.92 Å². The van der Waals surface area contributed by atoms with Gasteiger partial charge in [0, 0.05) is 6.54 Å². The van der Waals surface area contributed by atoms with Crippen molar-refractivity contribution in [1.82, 2.24) is 5.32 Å². The summed E-state index contributed by atoms with van der Waals surface area (Å²) in [5.74, 6) is 0. The summed E-state index contributed by atoms with van der Waals surface area (Å²) in [4.78, 5) is 3.89. The summed E-state index contributed by atoms with van der Waals surface area (Å²) in [6.07, 6.45) is 1.69. The molecule has 0 fully saturated rings. The van der Waals surface area contributed by atoms with E-state index in [0.717, 1.165) is 6.54 Å². The van der Waals surface area contributed by atoms with E-state index < -0.39 is 0 Å². The predicted molar refractivity (Wildman–Crippen MR) is 25.6 cm³/mol. The molecule has 0 aliphatic carbocycles. The Morgan fingerprint density at radius 1 is 2.00 bits per heavy atom. The van der Waals surface area contributed by atoms with Crippen LogP contribution in [0.5, 0.6) is 0 Å². The lowest BCUT2D eigenvalue weighted by Crippen LogP contribution is -2.11. The lowest BCUT2D eigenvalue weighted by atomic mass is 10.4. The Labute approximate surface area is 37.3 Å². The van der Waals surface area contributed by atoms with E-state index in [4.69, 9.17) is 0 Å². The summed E-state index contributed by atoms with van der Waals surface area (Å²) < 4.78 is 0. The first kappa shape index (κ1) is 3.65. The van der Waals surface area contributed by atoms with E-state index >= 15 is 0 Å². The molecule has 0 aromatic heterocycles. The van der Waals surface area contributed by atoms with Crippen LogP contribution in [0.25, 0.3) is 0 Å². The van der Waals surface area contributed by atoms with Gasteiger partial charge in [0.1, 0.15) is 0 Å². The minimum absolute atomic E-state index is 0.255. The van der Waals surface area contributed by atoms with Crippen LogP contribution in [0.1, 0.15) is 0 Å². The van der Waals surface area contributed by atoms with Gasteiger partial charge in [-0.15, -0.1) is 0 Å². The zero-order chi connectivity index (χ0) is 4.41. The highest BCUT2D eigenvalue weighted by molar-refractivity contribution is 5.57. The number of hydrogen-bond acceptors (Lipinski definition) is 2. The zero-order valence-electron chi connectivity index (χ0n) is 3.52. The highest BCUT2D eigenvalue weighted by Crippen LogP contribution is 1.86. The number of aliphatic imine (C=N–C) groups is 1. The molecule has 1 radical (unpaired) electrons. The zero-order valence-corrected chi connectivity index (χ0v) is 3.52. The van der Waals surface area contributed by atoms with Crippen LogP contribution in [0.4, 0.5) is 0 Å². The Bertz CT molecular complexity index is 67.9. The summed E-state index contributed by atoms with van der Waals surface area (Å²) in [5.41, 5.74) is 0. The fourth-order valence-electron chi connectivity index (χ4n) is 0.400. The first-order valence-electron chi connectivity index (χ1n) is 1.98. The summed E-state index contributed by atoms with van der Waals surface area (Å²) in [5, 5.41) is 2.92. The van der Waals surface area contributed by atoms with Gasteiger partial charge in [0.05, 0.1) is 12.4 Å². The summed E-state index contributed by atoms with van der Waals surface area (Å²) in [7, 11) is 0. The molecule has 1 atom stereocenters. The van der Waals surface area contributed by atoms with E-state index in [0.29, 0.717) is 0 Å². The van der Waals surface area contributed by atoms with Gasteiger partial charge in [-0.2, -0.15) is 0 Å². The van der Waals surface area contributed by atoms with E-state index in [-0.39, 0.29) is 6.04 Å². The number of nitrogens with one attached hydrogen (secondary N) is 1. The van der Waals surface area contributed by atoms with Gasteiger partial charge in [0.2, 0.25) is 0 Å². The van der Waals surface area contributed by atoms with Crippen molar-refractivity contribution in [2.75, 3.05) is 6.54 Å². The van der Waals surface area contributed by atoms with Crippen LogP contribution in [0.15, 0.2) is 4.99 Å². The van der Waals surface area contributed by atoms with E-state index in [9.17, 15) is 0 Å². The van der Waals surface area contributed by atoms with E-state index in [2.05, 4.69) is 17.2 Å². The van der Waals surface area contributed by atoms with Gasteiger partial charge in [-0.3, -0.25) is 4.99 Å². The van der Waals surface area contributed by atoms with Gasteiger partial charge < -0.3 is 5.32 Å². The van der Waals surface area contributed by atoms with Crippen LogP contribution in [0.2, 0.25) is 0 Å². The lowest BCUT2D eigenvalue weighted by Gasteiger charge is -1.89. The molecule has 6 heavy (non-hydrogen) atoms. The molecule has 0 saturated carbocycles. The minimum Gasteiger partial charge on any atom is -0.374 e. The van der Waals surface area contributed by atoms with Crippen LogP contribution in [-0.2, 0) is 0 Å². The average molecular weight is 83.1 g/mol. The molecule has 0 saturated heterocycles. The van der Waals surface area contributed by atoms with Crippen molar-refractivity contribution in [1.29, 1.82) is 0 Å². The lowest BCUT2D eigenvalue weighted by molar-refractivity contribution is 0.830. The first-order valence-corrected chi connectivity index (χ1v) is 1.98. The molecule has 1 unspecified atom stereocenters. The second-order valence-electron chi connectivity index (χ2n) is 1.34. The maximum absolute atomic E-state index is 3.89. The number of hydrogen-bond donors (Lipinski definition) is 1. The van der Waals surface area contributed by atoms with Crippen molar-refractivity contribution < 1.29 is 0 Å². The number of rotatable bonds is 0. The molecule has 0 aromatic carbocycles. The number of nitrogens with zero attached hydrogens (tertiary/aromatic N) is 1. The van der Waals surface area contributed by atoms with Crippen LogP contribution >= 0.6 is 0 Å². The maximum Gasteiger partial charge on any atom is 0.0828 e. The molecule has 0 aromatic rings. The normalized spacial score (nSPS) is 30.5. The van der Waals surface area contributed by atoms with E-state index in [1.54, 1.807) is 6.34 Å². The Kier molecular flexibility index (Phi) is 0.783. The fraction of sp³-hybridized carbons (Fsp3) is 0.500. The summed E-state index contributed by atoms with van der Waals surface area (Å²) in [6.45, 7) is 4.58. The first-order chi connectivity index (χ1) is 2.89. The smallest absolute Gasteiger partial charge is 0.0828 e. The van der Waals surface area contributed by atoms with E-state index in [1.807, 2.05) is 0 Å². The molecule has 1 aliphatic heterocycles. The third-order valence-corrected chi connectivity index (χ3v) is 0.730. The SMILES string of the molecule is [CH2]C1CNC=N1. The fourth-order valence-corrected chi connectivity index (χ4v) is 0.400. The summed E-state index contributed by atoms with van der Waals surface area (Å²) in [6, 6.07) is 0.255. The minimum atomic E-state index is 0.255. The molecule has 2 heteroatoms. The Morgan fingerprint density at radius 2 is 2.83 bits per heavy atom. The Morgan fingerprint density at radius 3 is 3.00 bits per heavy atom. The molecule has 0 bridgehead atoms. The molecule has 33 valence electrons.